The smallest absolute Gasteiger partial charge is 0.242 e. The van der Waals surface area contributed by atoms with E-state index >= 15 is 0 Å². The van der Waals surface area contributed by atoms with Crippen LogP contribution in [0.4, 0.5) is 11.4 Å². The zero-order valence-electron chi connectivity index (χ0n) is 14.5. The van der Waals surface area contributed by atoms with Crippen LogP contribution in [0.1, 0.15) is 39.0 Å². The molecule has 2 saturated heterocycles. The molecule has 2 amide bonds. The molecule has 0 aromatic heterocycles. The minimum absolute atomic E-state index is 0.0496. The van der Waals surface area contributed by atoms with Gasteiger partial charge in [0.1, 0.15) is 6.54 Å². The highest BCUT2D eigenvalue weighted by atomic mass is 16.2. The number of hydrogen-bond donors (Lipinski definition) is 0. The highest BCUT2D eigenvalue weighted by Gasteiger charge is 2.22. The Bertz CT molecular complexity index is 573. The molecule has 3 rings (SSSR count). The molecule has 0 atom stereocenters. The highest BCUT2D eigenvalue weighted by molar-refractivity contribution is 5.97. The molecular formula is C19H27N3O2. The van der Waals surface area contributed by atoms with Gasteiger partial charge in [-0.2, -0.15) is 0 Å². The molecule has 2 fully saturated rings. The molecule has 2 aliphatic rings. The van der Waals surface area contributed by atoms with Crippen LogP contribution in [0.3, 0.4) is 0 Å². The average Bonchev–Trinajstić information content (AvgIpc) is 3.15. The third kappa shape index (κ3) is 3.89. The molecule has 0 spiro atoms. The summed E-state index contributed by atoms with van der Waals surface area (Å²) in [5.74, 6) is -0.0391. The second-order valence-electron chi connectivity index (χ2n) is 6.76. The molecule has 0 bridgehead atoms. The third-order valence-electron chi connectivity index (χ3n) is 5.01. The maximum atomic E-state index is 12.5. The number of likely N-dealkylation sites (tertiary alicyclic amines) is 1. The molecule has 5 heteroatoms. The van der Waals surface area contributed by atoms with Gasteiger partial charge in [0, 0.05) is 44.5 Å². The number of amides is 2. The summed E-state index contributed by atoms with van der Waals surface area (Å²) in [5.41, 5.74) is 2.00. The first-order valence-electron chi connectivity index (χ1n) is 9.06. The number of rotatable bonds is 4. The lowest BCUT2D eigenvalue weighted by Crippen LogP contribution is -2.44. The van der Waals surface area contributed by atoms with Gasteiger partial charge in [0.2, 0.25) is 11.8 Å². The summed E-state index contributed by atoms with van der Waals surface area (Å²) in [6.45, 7) is 5.50. The van der Waals surface area contributed by atoms with Crippen LogP contribution in [0.5, 0.6) is 0 Å². The van der Waals surface area contributed by atoms with Crippen molar-refractivity contribution in [3.8, 4) is 0 Å². The van der Waals surface area contributed by atoms with Crippen LogP contribution in [0.15, 0.2) is 24.3 Å². The van der Waals surface area contributed by atoms with Crippen molar-refractivity contribution in [1.82, 2.24) is 4.90 Å². The fourth-order valence-corrected chi connectivity index (χ4v) is 3.58. The van der Waals surface area contributed by atoms with Crippen molar-refractivity contribution >= 4 is 23.2 Å². The van der Waals surface area contributed by atoms with E-state index < -0.39 is 0 Å². The van der Waals surface area contributed by atoms with Crippen molar-refractivity contribution in [2.75, 3.05) is 42.5 Å². The minimum atomic E-state index is -0.0886. The maximum Gasteiger partial charge on any atom is 0.242 e. The van der Waals surface area contributed by atoms with E-state index in [4.69, 9.17) is 0 Å². The molecule has 1 aromatic carbocycles. The number of benzene rings is 1. The monoisotopic (exact) mass is 329 g/mol. The van der Waals surface area contributed by atoms with Crippen molar-refractivity contribution < 1.29 is 9.59 Å². The largest absolute Gasteiger partial charge is 0.372 e. The minimum Gasteiger partial charge on any atom is -0.372 e. The molecule has 5 nitrogen and oxygen atoms in total. The van der Waals surface area contributed by atoms with E-state index in [0.717, 1.165) is 44.7 Å². The van der Waals surface area contributed by atoms with Gasteiger partial charge in [0.25, 0.3) is 0 Å². The lowest BCUT2D eigenvalue weighted by molar-refractivity contribution is -0.132. The van der Waals surface area contributed by atoms with Crippen molar-refractivity contribution in [1.29, 1.82) is 0 Å². The Balaban J connectivity index is 1.68. The summed E-state index contributed by atoms with van der Waals surface area (Å²) >= 11 is 0. The van der Waals surface area contributed by atoms with Crippen LogP contribution >= 0.6 is 0 Å². The quantitative estimate of drug-likeness (QED) is 0.853. The standard InChI is InChI=1S/C19H27N3O2/c1-16(23)22(15-19(24)21-13-3-2-4-14-21)18-9-7-17(8-10-18)20-11-5-6-12-20/h7-10H,2-6,11-15H2,1H3. The first kappa shape index (κ1) is 16.8. The molecule has 0 radical (unpaired) electrons. The van der Waals surface area contributed by atoms with Crippen LogP contribution in [0.25, 0.3) is 0 Å². The second-order valence-corrected chi connectivity index (χ2v) is 6.76. The Morgan fingerprint density at radius 3 is 2.08 bits per heavy atom. The average molecular weight is 329 g/mol. The summed E-state index contributed by atoms with van der Waals surface area (Å²) < 4.78 is 0. The fourth-order valence-electron chi connectivity index (χ4n) is 3.58. The van der Waals surface area contributed by atoms with Gasteiger partial charge < -0.3 is 14.7 Å². The van der Waals surface area contributed by atoms with E-state index in [-0.39, 0.29) is 18.4 Å². The Morgan fingerprint density at radius 2 is 1.50 bits per heavy atom. The molecule has 1 aromatic rings. The zero-order chi connectivity index (χ0) is 16.9. The van der Waals surface area contributed by atoms with Crippen LogP contribution in [0.2, 0.25) is 0 Å². The van der Waals surface area contributed by atoms with Crippen molar-refractivity contribution in [2.24, 2.45) is 0 Å². The Labute approximate surface area is 144 Å². The summed E-state index contributed by atoms with van der Waals surface area (Å²) in [4.78, 5) is 30.4. The highest BCUT2D eigenvalue weighted by Crippen LogP contribution is 2.24. The SMILES string of the molecule is CC(=O)N(CC(=O)N1CCCCC1)c1ccc(N2CCCC2)cc1. The van der Waals surface area contributed by atoms with Crippen molar-refractivity contribution in [3.05, 3.63) is 24.3 Å². The van der Waals surface area contributed by atoms with Gasteiger partial charge in [-0.15, -0.1) is 0 Å². The van der Waals surface area contributed by atoms with Gasteiger partial charge in [0.15, 0.2) is 0 Å². The Morgan fingerprint density at radius 1 is 0.917 bits per heavy atom. The molecule has 0 aliphatic carbocycles. The summed E-state index contributed by atoms with van der Waals surface area (Å²) in [6.07, 6.45) is 5.81. The lowest BCUT2D eigenvalue weighted by Gasteiger charge is -2.30. The number of nitrogens with zero attached hydrogens (tertiary/aromatic N) is 3. The van der Waals surface area contributed by atoms with Gasteiger partial charge >= 0.3 is 0 Å². The molecular weight excluding hydrogens is 302 g/mol. The van der Waals surface area contributed by atoms with Crippen LogP contribution in [0, 0.1) is 0 Å². The normalized spacial score (nSPS) is 17.9. The number of carbonyl (C=O) groups is 2. The first-order chi connectivity index (χ1) is 11.6. The van der Waals surface area contributed by atoms with E-state index in [0.29, 0.717) is 0 Å². The van der Waals surface area contributed by atoms with Crippen LogP contribution < -0.4 is 9.80 Å². The molecule has 24 heavy (non-hydrogen) atoms. The van der Waals surface area contributed by atoms with E-state index in [1.807, 2.05) is 17.0 Å². The Kier molecular flexibility index (Phi) is 5.38. The maximum absolute atomic E-state index is 12.5. The number of carbonyl (C=O) groups excluding carboxylic acids is 2. The van der Waals surface area contributed by atoms with E-state index in [2.05, 4.69) is 17.0 Å². The molecule has 0 unspecified atom stereocenters. The van der Waals surface area contributed by atoms with Crippen LogP contribution in [-0.2, 0) is 9.59 Å². The number of anilines is 2. The predicted octanol–water partition coefficient (Wildman–Crippen LogP) is 2.65. The fraction of sp³-hybridized carbons (Fsp3) is 0.579. The van der Waals surface area contributed by atoms with Gasteiger partial charge in [-0.05, 0) is 56.4 Å². The molecule has 2 heterocycles. The summed E-state index contributed by atoms with van der Waals surface area (Å²) in [5, 5.41) is 0. The number of hydrogen-bond acceptors (Lipinski definition) is 3. The molecule has 0 saturated carbocycles. The van der Waals surface area contributed by atoms with Gasteiger partial charge in [0.05, 0.1) is 0 Å². The van der Waals surface area contributed by atoms with E-state index in [9.17, 15) is 9.59 Å². The zero-order valence-corrected chi connectivity index (χ0v) is 14.5. The van der Waals surface area contributed by atoms with Gasteiger partial charge in [-0.1, -0.05) is 0 Å². The van der Waals surface area contributed by atoms with Crippen molar-refractivity contribution in [2.45, 2.75) is 39.0 Å². The third-order valence-corrected chi connectivity index (χ3v) is 5.01. The molecule has 0 N–H and O–H groups in total. The van der Waals surface area contributed by atoms with E-state index in [1.54, 1.807) is 4.90 Å². The topological polar surface area (TPSA) is 43.9 Å². The molecule has 130 valence electrons. The van der Waals surface area contributed by atoms with Crippen LogP contribution in [-0.4, -0.2) is 49.4 Å². The number of piperidine rings is 1. The summed E-state index contributed by atoms with van der Waals surface area (Å²) in [7, 11) is 0. The van der Waals surface area contributed by atoms with Gasteiger partial charge in [-0.3, -0.25) is 9.59 Å². The first-order valence-corrected chi connectivity index (χ1v) is 9.06. The summed E-state index contributed by atoms with van der Waals surface area (Å²) in [6, 6.07) is 8.03. The Hall–Kier alpha value is -2.04. The van der Waals surface area contributed by atoms with Gasteiger partial charge in [-0.25, -0.2) is 0 Å². The predicted molar refractivity (Wildman–Crippen MR) is 96.3 cm³/mol. The second kappa shape index (κ2) is 7.69. The van der Waals surface area contributed by atoms with E-state index in [1.165, 1.54) is 31.9 Å². The lowest BCUT2D eigenvalue weighted by atomic mass is 10.1. The molecule has 2 aliphatic heterocycles. The van der Waals surface area contributed by atoms with Crippen molar-refractivity contribution in [3.63, 3.8) is 0 Å².